The standard InChI is InChI=1S/C24H21N5O3/c30-23-21(13-14-29(23)17-9-5-2-6-10-17)32-18-11-12-20-19(15-18)22(28-27-20)26-24(31)25-16-7-3-1-4-8-16/h1-12,15,21H,13-14H2,(H3,25,26,27,28,31). The third-order valence-corrected chi connectivity index (χ3v) is 5.30. The summed E-state index contributed by atoms with van der Waals surface area (Å²) in [5.74, 6) is 0.852. The quantitative estimate of drug-likeness (QED) is 0.440. The summed E-state index contributed by atoms with van der Waals surface area (Å²) in [5.41, 5.74) is 2.29. The van der Waals surface area contributed by atoms with Gasteiger partial charge >= 0.3 is 6.03 Å². The minimum absolute atomic E-state index is 0.0657. The lowest BCUT2D eigenvalue weighted by Gasteiger charge is -2.17. The van der Waals surface area contributed by atoms with Crippen molar-refractivity contribution in [1.29, 1.82) is 0 Å². The van der Waals surface area contributed by atoms with Crippen molar-refractivity contribution in [1.82, 2.24) is 10.2 Å². The zero-order chi connectivity index (χ0) is 21.9. The van der Waals surface area contributed by atoms with Gasteiger partial charge in [0.05, 0.1) is 5.52 Å². The lowest BCUT2D eigenvalue weighted by atomic mass is 10.2. The Hall–Kier alpha value is -4.33. The lowest BCUT2D eigenvalue weighted by Crippen LogP contribution is -2.32. The minimum atomic E-state index is -0.558. The molecule has 0 spiro atoms. The Bertz CT molecular complexity index is 1260. The monoisotopic (exact) mass is 427 g/mol. The fourth-order valence-electron chi connectivity index (χ4n) is 3.74. The van der Waals surface area contributed by atoms with E-state index in [-0.39, 0.29) is 5.91 Å². The highest BCUT2D eigenvalue weighted by Gasteiger charge is 2.34. The number of hydrogen-bond donors (Lipinski definition) is 3. The van der Waals surface area contributed by atoms with Crippen molar-refractivity contribution in [3.63, 3.8) is 0 Å². The first-order valence-corrected chi connectivity index (χ1v) is 10.3. The van der Waals surface area contributed by atoms with Gasteiger partial charge in [0.1, 0.15) is 5.75 Å². The first-order valence-electron chi connectivity index (χ1n) is 10.3. The van der Waals surface area contributed by atoms with Crippen LogP contribution >= 0.6 is 0 Å². The molecule has 1 aliphatic rings. The average molecular weight is 427 g/mol. The van der Waals surface area contributed by atoms with E-state index in [1.165, 1.54) is 0 Å². The molecule has 160 valence electrons. The number of rotatable bonds is 5. The highest BCUT2D eigenvalue weighted by Crippen LogP contribution is 2.29. The number of fused-ring (bicyclic) bond motifs is 1. The average Bonchev–Trinajstić information content (AvgIpc) is 3.38. The van der Waals surface area contributed by atoms with Gasteiger partial charge in [-0.05, 0) is 42.5 Å². The number of para-hydroxylation sites is 2. The molecule has 0 radical (unpaired) electrons. The molecule has 3 amide bonds. The van der Waals surface area contributed by atoms with E-state index in [4.69, 9.17) is 4.74 Å². The van der Waals surface area contributed by atoms with Crippen LogP contribution in [0.25, 0.3) is 10.9 Å². The Labute approximate surface area is 184 Å². The molecule has 0 bridgehead atoms. The lowest BCUT2D eigenvalue weighted by molar-refractivity contribution is -0.122. The molecule has 2 heterocycles. The fraction of sp³-hybridized carbons (Fsp3) is 0.125. The van der Waals surface area contributed by atoms with Gasteiger partial charge in [-0.3, -0.25) is 15.2 Å². The van der Waals surface area contributed by atoms with E-state index >= 15 is 0 Å². The highest BCUT2D eigenvalue weighted by molar-refractivity contribution is 6.04. The van der Waals surface area contributed by atoms with E-state index in [0.717, 1.165) is 11.2 Å². The van der Waals surface area contributed by atoms with Crippen LogP contribution in [-0.4, -0.2) is 34.8 Å². The number of carbonyl (C=O) groups excluding carboxylic acids is 2. The second-order valence-electron chi connectivity index (χ2n) is 7.45. The number of aromatic nitrogens is 2. The molecule has 4 aromatic rings. The van der Waals surface area contributed by atoms with Crippen LogP contribution in [0.1, 0.15) is 6.42 Å². The summed E-state index contributed by atoms with van der Waals surface area (Å²) in [5, 5.41) is 13.3. The van der Waals surface area contributed by atoms with E-state index in [1.54, 1.807) is 29.2 Å². The number of H-pyrrole nitrogens is 1. The summed E-state index contributed by atoms with van der Waals surface area (Å²) in [6.07, 6.45) is 0.0409. The predicted octanol–water partition coefficient (Wildman–Crippen LogP) is 4.39. The van der Waals surface area contributed by atoms with E-state index in [1.807, 2.05) is 54.6 Å². The zero-order valence-corrected chi connectivity index (χ0v) is 17.1. The van der Waals surface area contributed by atoms with Crippen molar-refractivity contribution in [3.05, 3.63) is 78.9 Å². The number of nitrogens with one attached hydrogen (secondary N) is 3. The third-order valence-electron chi connectivity index (χ3n) is 5.30. The summed E-state index contributed by atoms with van der Waals surface area (Å²) in [4.78, 5) is 26.9. The number of nitrogens with zero attached hydrogens (tertiary/aromatic N) is 2. The molecule has 1 fully saturated rings. The molecular weight excluding hydrogens is 406 g/mol. The van der Waals surface area contributed by atoms with Gasteiger partial charge in [-0.1, -0.05) is 36.4 Å². The first kappa shape index (κ1) is 19.6. The Morgan fingerprint density at radius 1 is 1.00 bits per heavy atom. The van der Waals surface area contributed by atoms with Gasteiger partial charge in [-0.25, -0.2) is 4.79 Å². The normalized spacial score (nSPS) is 15.7. The summed E-state index contributed by atoms with van der Waals surface area (Å²) in [6.45, 7) is 0.605. The Kier molecular flexibility index (Phi) is 5.17. The zero-order valence-electron chi connectivity index (χ0n) is 17.1. The molecule has 8 nitrogen and oxygen atoms in total. The van der Waals surface area contributed by atoms with Crippen molar-refractivity contribution in [3.8, 4) is 5.75 Å². The number of amides is 3. The summed E-state index contributed by atoms with van der Waals surface area (Å²) in [7, 11) is 0. The maximum Gasteiger partial charge on any atom is 0.324 e. The number of benzene rings is 3. The van der Waals surface area contributed by atoms with Crippen molar-refractivity contribution in [2.75, 3.05) is 22.1 Å². The molecule has 32 heavy (non-hydrogen) atoms. The number of aromatic amines is 1. The van der Waals surface area contributed by atoms with Gasteiger partial charge in [0.25, 0.3) is 5.91 Å². The van der Waals surface area contributed by atoms with Crippen LogP contribution in [0.2, 0.25) is 0 Å². The van der Waals surface area contributed by atoms with Crippen molar-refractivity contribution in [2.45, 2.75) is 12.5 Å². The molecule has 0 saturated carbocycles. The molecule has 1 unspecified atom stereocenters. The van der Waals surface area contributed by atoms with E-state index < -0.39 is 12.1 Å². The Morgan fingerprint density at radius 3 is 2.53 bits per heavy atom. The molecule has 1 aliphatic heterocycles. The molecule has 5 rings (SSSR count). The summed E-state index contributed by atoms with van der Waals surface area (Å²) >= 11 is 0. The third kappa shape index (κ3) is 3.98. The van der Waals surface area contributed by atoms with Gasteiger partial charge in [0, 0.05) is 29.7 Å². The smallest absolute Gasteiger partial charge is 0.324 e. The SMILES string of the molecule is O=C(Nc1ccccc1)Nc1n[nH]c2ccc(OC3CCN(c4ccccc4)C3=O)cc12. The Balaban J connectivity index is 1.30. The van der Waals surface area contributed by atoms with Crippen molar-refractivity contribution in [2.24, 2.45) is 0 Å². The van der Waals surface area contributed by atoms with Crippen LogP contribution in [0.15, 0.2) is 78.9 Å². The topological polar surface area (TPSA) is 99.3 Å². The van der Waals surface area contributed by atoms with Crippen LogP contribution in [0, 0.1) is 0 Å². The van der Waals surface area contributed by atoms with Crippen molar-refractivity contribution >= 4 is 40.0 Å². The number of anilines is 3. The van der Waals surface area contributed by atoms with E-state index in [0.29, 0.717) is 35.6 Å². The van der Waals surface area contributed by atoms with Crippen LogP contribution in [0.3, 0.4) is 0 Å². The van der Waals surface area contributed by atoms with E-state index in [2.05, 4.69) is 20.8 Å². The second-order valence-corrected chi connectivity index (χ2v) is 7.45. The molecule has 3 N–H and O–H groups in total. The number of carbonyl (C=O) groups is 2. The van der Waals surface area contributed by atoms with Crippen LogP contribution in [0.4, 0.5) is 22.0 Å². The van der Waals surface area contributed by atoms with Gasteiger partial charge in [-0.2, -0.15) is 5.10 Å². The highest BCUT2D eigenvalue weighted by atomic mass is 16.5. The fourth-order valence-corrected chi connectivity index (χ4v) is 3.74. The number of ether oxygens (including phenoxy) is 1. The van der Waals surface area contributed by atoms with Crippen molar-refractivity contribution < 1.29 is 14.3 Å². The van der Waals surface area contributed by atoms with Gasteiger partial charge < -0.3 is 15.0 Å². The summed E-state index contributed by atoms with van der Waals surface area (Å²) in [6, 6.07) is 23.7. The largest absolute Gasteiger partial charge is 0.480 e. The number of hydrogen-bond acceptors (Lipinski definition) is 4. The van der Waals surface area contributed by atoms with E-state index in [9.17, 15) is 9.59 Å². The minimum Gasteiger partial charge on any atom is -0.480 e. The molecular formula is C24H21N5O3. The maximum absolute atomic E-state index is 12.8. The van der Waals surface area contributed by atoms with Gasteiger partial charge in [0.15, 0.2) is 11.9 Å². The van der Waals surface area contributed by atoms with Crippen LogP contribution in [-0.2, 0) is 4.79 Å². The molecule has 0 aliphatic carbocycles. The number of urea groups is 1. The predicted molar refractivity (Wildman–Crippen MR) is 123 cm³/mol. The second kappa shape index (κ2) is 8.43. The van der Waals surface area contributed by atoms with Gasteiger partial charge in [-0.15, -0.1) is 0 Å². The molecule has 3 aromatic carbocycles. The molecule has 1 atom stereocenters. The molecule has 1 aromatic heterocycles. The first-order chi connectivity index (χ1) is 15.7. The van der Waals surface area contributed by atoms with Crippen LogP contribution < -0.4 is 20.3 Å². The maximum atomic E-state index is 12.8. The van der Waals surface area contributed by atoms with Crippen LogP contribution in [0.5, 0.6) is 5.75 Å². The Morgan fingerprint density at radius 2 is 1.75 bits per heavy atom. The summed E-state index contributed by atoms with van der Waals surface area (Å²) < 4.78 is 6.01. The molecule has 1 saturated heterocycles. The van der Waals surface area contributed by atoms with Gasteiger partial charge in [0.2, 0.25) is 0 Å². The molecule has 8 heteroatoms.